The van der Waals surface area contributed by atoms with E-state index in [0.717, 1.165) is 18.8 Å². The first kappa shape index (κ1) is 15.1. The van der Waals surface area contributed by atoms with Crippen molar-refractivity contribution in [3.8, 4) is 0 Å². The summed E-state index contributed by atoms with van der Waals surface area (Å²) < 4.78 is 12.6. The van der Waals surface area contributed by atoms with Crippen LogP contribution >= 0.6 is 0 Å². The van der Waals surface area contributed by atoms with Gasteiger partial charge in [-0.3, -0.25) is 0 Å². The van der Waals surface area contributed by atoms with E-state index in [2.05, 4.69) is 58.0 Å². The topological polar surface area (TPSA) is 18.5 Å². The fourth-order valence-corrected chi connectivity index (χ4v) is 3.16. The van der Waals surface area contributed by atoms with E-state index in [-0.39, 0.29) is 18.3 Å². The molecular formula is C18H27BO2. The minimum Gasteiger partial charge on any atom is -0.403 e. The molecule has 0 spiro atoms. The lowest BCUT2D eigenvalue weighted by Crippen LogP contribution is -2.41. The Morgan fingerprint density at radius 3 is 2.14 bits per heavy atom. The van der Waals surface area contributed by atoms with Crippen LogP contribution < -0.4 is 0 Å². The summed E-state index contributed by atoms with van der Waals surface area (Å²) in [5, 5.41) is 0. The van der Waals surface area contributed by atoms with Gasteiger partial charge in [-0.15, -0.1) is 0 Å². The lowest BCUT2D eigenvalue weighted by molar-refractivity contribution is 0.00578. The summed E-state index contributed by atoms with van der Waals surface area (Å²) in [6.07, 6.45) is 4.95. The standard InChI is InChI=1S/C18H27BO2/c1-17(2)18(3,4)21-19(20-17)16(15-11-12-15)13-10-14-8-6-5-7-9-14/h5-9,15-16H,10-13H2,1-4H3. The molecule has 1 saturated carbocycles. The third kappa shape index (κ3) is 3.19. The normalized spacial score (nSPS) is 25.0. The van der Waals surface area contributed by atoms with Crippen molar-refractivity contribution in [3.05, 3.63) is 35.9 Å². The fraction of sp³-hybridized carbons (Fsp3) is 0.667. The van der Waals surface area contributed by atoms with E-state index in [1.54, 1.807) is 0 Å². The molecule has 1 unspecified atom stereocenters. The van der Waals surface area contributed by atoms with Crippen LogP contribution in [0.25, 0.3) is 0 Å². The zero-order chi connectivity index (χ0) is 15.1. The molecular weight excluding hydrogens is 259 g/mol. The Hall–Kier alpha value is -0.795. The van der Waals surface area contributed by atoms with E-state index < -0.39 is 0 Å². The van der Waals surface area contributed by atoms with Gasteiger partial charge in [-0.05, 0) is 57.8 Å². The predicted octanol–water partition coefficient (Wildman–Crippen LogP) is 4.49. The third-order valence-electron chi connectivity index (χ3n) is 5.46. The molecule has 3 heteroatoms. The first-order valence-electron chi connectivity index (χ1n) is 8.29. The molecule has 0 aromatic heterocycles. The highest BCUT2D eigenvalue weighted by Gasteiger charge is 2.55. The smallest absolute Gasteiger partial charge is 0.403 e. The summed E-state index contributed by atoms with van der Waals surface area (Å²) in [5.74, 6) is 1.33. The van der Waals surface area contributed by atoms with E-state index in [0.29, 0.717) is 5.82 Å². The summed E-state index contributed by atoms with van der Waals surface area (Å²) in [7, 11) is -0.0359. The van der Waals surface area contributed by atoms with E-state index in [1.807, 2.05) is 0 Å². The molecule has 0 amide bonds. The molecule has 1 heterocycles. The van der Waals surface area contributed by atoms with Crippen molar-refractivity contribution in [1.82, 2.24) is 0 Å². The Morgan fingerprint density at radius 2 is 1.62 bits per heavy atom. The second kappa shape index (κ2) is 5.44. The molecule has 3 rings (SSSR count). The van der Waals surface area contributed by atoms with Crippen LogP contribution in [0.3, 0.4) is 0 Å². The number of hydrogen-bond donors (Lipinski definition) is 0. The van der Waals surface area contributed by atoms with Crippen molar-refractivity contribution >= 4 is 7.12 Å². The van der Waals surface area contributed by atoms with Gasteiger partial charge in [-0.1, -0.05) is 43.2 Å². The molecule has 0 radical (unpaired) electrons. The first-order chi connectivity index (χ1) is 9.89. The summed E-state index contributed by atoms with van der Waals surface area (Å²) in [6.45, 7) is 8.59. The number of hydrogen-bond acceptors (Lipinski definition) is 2. The van der Waals surface area contributed by atoms with Gasteiger partial charge in [0, 0.05) is 0 Å². The average molecular weight is 286 g/mol. The highest BCUT2D eigenvalue weighted by Crippen LogP contribution is 2.50. The SMILES string of the molecule is CC1(C)OB(C(CCc2ccccc2)C2CC2)OC1(C)C. The van der Waals surface area contributed by atoms with Crippen molar-refractivity contribution < 1.29 is 9.31 Å². The third-order valence-corrected chi connectivity index (χ3v) is 5.46. The minimum atomic E-state index is -0.211. The van der Waals surface area contributed by atoms with Gasteiger partial charge in [0.15, 0.2) is 0 Å². The second-order valence-corrected chi connectivity index (χ2v) is 7.65. The van der Waals surface area contributed by atoms with Gasteiger partial charge in [0.25, 0.3) is 0 Å². The van der Waals surface area contributed by atoms with Crippen molar-refractivity contribution in [2.24, 2.45) is 5.92 Å². The van der Waals surface area contributed by atoms with E-state index in [9.17, 15) is 0 Å². The lowest BCUT2D eigenvalue weighted by Gasteiger charge is -2.32. The molecule has 1 saturated heterocycles. The zero-order valence-electron chi connectivity index (χ0n) is 13.8. The molecule has 2 fully saturated rings. The molecule has 1 aliphatic heterocycles. The van der Waals surface area contributed by atoms with Crippen LogP contribution in [0.1, 0.15) is 52.5 Å². The zero-order valence-corrected chi connectivity index (χ0v) is 13.8. The molecule has 1 atom stereocenters. The van der Waals surface area contributed by atoms with Crippen LogP contribution in [-0.4, -0.2) is 18.3 Å². The van der Waals surface area contributed by atoms with E-state index in [4.69, 9.17) is 9.31 Å². The molecule has 0 bridgehead atoms. The first-order valence-corrected chi connectivity index (χ1v) is 8.29. The molecule has 2 nitrogen and oxygen atoms in total. The van der Waals surface area contributed by atoms with E-state index >= 15 is 0 Å². The fourth-order valence-electron chi connectivity index (χ4n) is 3.16. The Morgan fingerprint density at radius 1 is 1.05 bits per heavy atom. The molecule has 0 N–H and O–H groups in total. The molecule has 1 aromatic carbocycles. The van der Waals surface area contributed by atoms with Crippen LogP contribution in [0.2, 0.25) is 5.82 Å². The monoisotopic (exact) mass is 286 g/mol. The highest BCUT2D eigenvalue weighted by atomic mass is 16.7. The molecule has 21 heavy (non-hydrogen) atoms. The molecule has 2 aliphatic rings. The van der Waals surface area contributed by atoms with Gasteiger partial charge in [-0.25, -0.2) is 0 Å². The maximum atomic E-state index is 6.29. The molecule has 114 valence electrons. The number of rotatable bonds is 5. The van der Waals surface area contributed by atoms with E-state index in [1.165, 1.54) is 18.4 Å². The predicted molar refractivity (Wildman–Crippen MR) is 87.3 cm³/mol. The maximum absolute atomic E-state index is 6.29. The largest absolute Gasteiger partial charge is 0.461 e. The highest BCUT2D eigenvalue weighted by molar-refractivity contribution is 6.47. The Bertz CT molecular complexity index is 463. The quantitative estimate of drug-likeness (QED) is 0.742. The summed E-state index contributed by atoms with van der Waals surface area (Å²) in [6, 6.07) is 10.8. The number of benzene rings is 1. The van der Waals surface area contributed by atoms with Crippen molar-refractivity contribution in [1.29, 1.82) is 0 Å². The van der Waals surface area contributed by atoms with Crippen LogP contribution in [-0.2, 0) is 15.7 Å². The van der Waals surface area contributed by atoms with Crippen LogP contribution in [0, 0.1) is 5.92 Å². The summed E-state index contributed by atoms with van der Waals surface area (Å²) in [5.41, 5.74) is 0.995. The second-order valence-electron chi connectivity index (χ2n) is 7.65. The van der Waals surface area contributed by atoms with Gasteiger partial charge in [0.2, 0.25) is 0 Å². The van der Waals surface area contributed by atoms with Crippen molar-refractivity contribution in [2.75, 3.05) is 0 Å². The Labute approximate surface area is 129 Å². The molecule has 1 aliphatic carbocycles. The van der Waals surface area contributed by atoms with Crippen molar-refractivity contribution in [2.45, 2.75) is 70.4 Å². The average Bonchev–Trinajstić information content (AvgIpc) is 3.20. The lowest BCUT2D eigenvalue weighted by atomic mass is 9.66. The number of aryl methyl sites for hydroxylation is 1. The van der Waals surface area contributed by atoms with Crippen LogP contribution in [0.4, 0.5) is 0 Å². The summed E-state index contributed by atoms with van der Waals surface area (Å²) >= 11 is 0. The minimum absolute atomic E-state index is 0.0359. The van der Waals surface area contributed by atoms with Gasteiger partial charge in [0.1, 0.15) is 0 Å². The van der Waals surface area contributed by atoms with Crippen molar-refractivity contribution in [3.63, 3.8) is 0 Å². The maximum Gasteiger partial charge on any atom is 0.461 e. The molecule has 1 aromatic rings. The Balaban J connectivity index is 1.66. The van der Waals surface area contributed by atoms with Crippen LogP contribution in [0.15, 0.2) is 30.3 Å². The Kier molecular flexibility index (Phi) is 3.92. The van der Waals surface area contributed by atoms with Gasteiger partial charge in [-0.2, -0.15) is 0 Å². The van der Waals surface area contributed by atoms with Gasteiger partial charge >= 0.3 is 7.12 Å². The van der Waals surface area contributed by atoms with Gasteiger partial charge in [0.05, 0.1) is 11.2 Å². The van der Waals surface area contributed by atoms with Gasteiger partial charge < -0.3 is 9.31 Å². The van der Waals surface area contributed by atoms with Crippen LogP contribution in [0.5, 0.6) is 0 Å². The summed E-state index contributed by atoms with van der Waals surface area (Å²) in [4.78, 5) is 0.